The molecule has 2 aliphatic heterocycles. The van der Waals surface area contributed by atoms with E-state index >= 15 is 0 Å². The summed E-state index contributed by atoms with van der Waals surface area (Å²) in [6.45, 7) is 5.43. The van der Waals surface area contributed by atoms with E-state index in [-0.39, 0.29) is 12.1 Å². The van der Waals surface area contributed by atoms with E-state index in [9.17, 15) is 14.7 Å². The zero-order chi connectivity index (χ0) is 15.1. The predicted molar refractivity (Wildman–Crippen MR) is 71.0 cm³/mol. The number of aliphatic hydroxyl groups excluding tert-OH is 1. The van der Waals surface area contributed by atoms with E-state index in [1.165, 1.54) is 7.11 Å². The second kappa shape index (κ2) is 5.24. The summed E-state index contributed by atoms with van der Waals surface area (Å²) in [6.07, 6.45) is 0.717. The molecule has 6 heteroatoms. The van der Waals surface area contributed by atoms with Gasteiger partial charge in [-0.3, -0.25) is 4.79 Å². The van der Waals surface area contributed by atoms with E-state index in [0.717, 1.165) is 6.42 Å². The van der Waals surface area contributed by atoms with Crippen molar-refractivity contribution in [1.82, 2.24) is 4.90 Å². The molecule has 0 saturated carbocycles. The Hall–Kier alpha value is -1.30. The van der Waals surface area contributed by atoms with Crippen LogP contribution >= 0.6 is 0 Å². The first-order valence-electron chi connectivity index (χ1n) is 7.02. The molecule has 4 atom stereocenters. The minimum atomic E-state index is -0.751. The first-order chi connectivity index (χ1) is 9.24. The Kier molecular flexibility index (Phi) is 3.95. The van der Waals surface area contributed by atoms with Gasteiger partial charge in [0, 0.05) is 6.04 Å². The molecule has 2 bridgehead atoms. The second-order valence-corrected chi connectivity index (χ2v) is 6.54. The van der Waals surface area contributed by atoms with Crippen molar-refractivity contribution < 1.29 is 24.2 Å². The molecule has 2 aliphatic rings. The summed E-state index contributed by atoms with van der Waals surface area (Å²) in [5, 5.41) is 10.1. The van der Waals surface area contributed by atoms with E-state index in [1.54, 1.807) is 4.90 Å². The number of carbonyl (C=O) groups is 2. The van der Waals surface area contributed by atoms with Crippen molar-refractivity contribution in [3.63, 3.8) is 0 Å². The summed E-state index contributed by atoms with van der Waals surface area (Å²) in [5.74, 6) is -1.14. The summed E-state index contributed by atoms with van der Waals surface area (Å²) < 4.78 is 10.2. The van der Waals surface area contributed by atoms with Crippen LogP contribution in [0, 0.1) is 5.92 Å². The van der Waals surface area contributed by atoms with Crippen LogP contribution in [-0.4, -0.2) is 53.0 Å². The van der Waals surface area contributed by atoms with Crippen molar-refractivity contribution in [3.8, 4) is 0 Å². The van der Waals surface area contributed by atoms with Gasteiger partial charge >= 0.3 is 12.1 Å². The van der Waals surface area contributed by atoms with E-state index in [4.69, 9.17) is 9.47 Å². The van der Waals surface area contributed by atoms with Gasteiger partial charge in [0.1, 0.15) is 11.5 Å². The molecule has 0 aromatic heterocycles. The number of carbonyl (C=O) groups excluding carboxylic acids is 2. The van der Waals surface area contributed by atoms with Gasteiger partial charge in [-0.15, -0.1) is 0 Å². The lowest BCUT2D eigenvalue weighted by Crippen LogP contribution is -2.56. The lowest BCUT2D eigenvalue weighted by molar-refractivity contribution is -0.155. The number of piperidine rings is 1. The van der Waals surface area contributed by atoms with Crippen LogP contribution in [-0.2, 0) is 14.3 Å². The van der Waals surface area contributed by atoms with Gasteiger partial charge < -0.3 is 19.5 Å². The van der Waals surface area contributed by atoms with E-state index in [1.807, 2.05) is 20.8 Å². The number of amides is 1. The van der Waals surface area contributed by atoms with E-state index in [0.29, 0.717) is 12.8 Å². The number of aliphatic hydroxyl groups is 1. The van der Waals surface area contributed by atoms with Crippen LogP contribution in [0.2, 0.25) is 0 Å². The number of ether oxygens (including phenoxy) is 2. The zero-order valence-corrected chi connectivity index (χ0v) is 12.5. The normalized spacial score (nSPS) is 33.0. The maximum absolute atomic E-state index is 12.3. The summed E-state index contributed by atoms with van der Waals surface area (Å²) in [4.78, 5) is 25.8. The molecule has 2 fully saturated rings. The van der Waals surface area contributed by atoms with Crippen molar-refractivity contribution in [2.75, 3.05) is 7.11 Å². The molecule has 114 valence electrons. The number of hydrogen-bond donors (Lipinski definition) is 1. The number of methoxy groups -OCH3 is 1. The fourth-order valence-corrected chi connectivity index (χ4v) is 3.23. The molecule has 1 amide bonds. The van der Waals surface area contributed by atoms with Gasteiger partial charge in [-0.2, -0.15) is 0 Å². The summed E-state index contributed by atoms with van der Waals surface area (Å²) in [6, 6.07) is -0.378. The van der Waals surface area contributed by atoms with Crippen LogP contribution in [0.5, 0.6) is 0 Å². The Bertz CT molecular complexity index is 403. The molecule has 0 aromatic carbocycles. The fraction of sp³-hybridized carbons (Fsp3) is 0.857. The first-order valence-corrected chi connectivity index (χ1v) is 7.02. The largest absolute Gasteiger partial charge is 0.469 e. The molecule has 20 heavy (non-hydrogen) atoms. The third-order valence-electron chi connectivity index (χ3n) is 3.97. The molecular formula is C14H23NO5. The molecule has 6 nitrogen and oxygen atoms in total. The van der Waals surface area contributed by atoms with Gasteiger partial charge in [-0.05, 0) is 40.0 Å². The van der Waals surface area contributed by atoms with Gasteiger partial charge in [0.15, 0.2) is 0 Å². The summed E-state index contributed by atoms with van der Waals surface area (Å²) in [7, 11) is 1.30. The molecule has 1 N–H and O–H groups in total. The smallest absolute Gasteiger partial charge is 0.410 e. The highest BCUT2D eigenvalue weighted by molar-refractivity contribution is 5.77. The number of rotatable bonds is 1. The van der Waals surface area contributed by atoms with Crippen LogP contribution in [0.15, 0.2) is 0 Å². The van der Waals surface area contributed by atoms with Crippen LogP contribution in [0.3, 0.4) is 0 Å². The van der Waals surface area contributed by atoms with E-state index in [2.05, 4.69) is 0 Å². The summed E-state index contributed by atoms with van der Waals surface area (Å²) in [5.41, 5.74) is -0.576. The second-order valence-electron chi connectivity index (χ2n) is 6.54. The standard InChI is InChI=1S/C14H23NO5/c1-14(2,3)20-13(18)15-8-5-6-9(15)11(10(16)7-8)12(17)19-4/h8-11,16H,5-7H2,1-4H3/t8-,9+,10+,11-/m0/s1. The molecule has 0 unspecified atom stereocenters. The lowest BCUT2D eigenvalue weighted by atomic mass is 9.87. The Morgan fingerprint density at radius 2 is 1.90 bits per heavy atom. The van der Waals surface area contributed by atoms with Crippen LogP contribution in [0.25, 0.3) is 0 Å². The number of hydrogen-bond acceptors (Lipinski definition) is 5. The van der Waals surface area contributed by atoms with Gasteiger partial charge in [0.2, 0.25) is 0 Å². The van der Waals surface area contributed by atoms with Crippen LogP contribution in [0.1, 0.15) is 40.0 Å². The molecular weight excluding hydrogens is 262 g/mol. The Balaban J connectivity index is 2.19. The molecule has 0 spiro atoms. The SMILES string of the molecule is COC(=O)[C@@H]1[C@H](O)C[C@@H]2CC[C@H]1N2C(=O)OC(C)(C)C. The molecule has 0 aromatic rings. The third kappa shape index (κ3) is 2.75. The number of fused-ring (bicyclic) bond motifs is 2. The average Bonchev–Trinajstić information content (AvgIpc) is 2.63. The molecule has 2 saturated heterocycles. The summed E-state index contributed by atoms with van der Waals surface area (Å²) >= 11 is 0. The van der Waals surface area contributed by atoms with Gasteiger partial charge in [-0.1, -0.05) is 0 Å². The first kappa shape index (κ1) is 15.1. The molecule has 0 radical (unpaired) electrons. The minimum Gasteiger partial charge on any atom is -0.469 e. The van der Waals surface area contributed by atoms with Gasteiger partial charge in [-0.25, -0.2) is 4.79 Å². The third-order valence-corrected chi connectivity index (χ3v) is 3.97. The topological polar surface area (TPSA) is 76.1 Å². The number of esters is 1. The maximum Gasteiger partial charge on any atom is 0.410 e. The highest BCUT2D eigenvalue weighted by Crippen LogP contribution is 2.40. The molecule has 0 aliphatic carbocycles. The highest BCUT2D eigenvalue weighted by Gasteiger charge is 2.53. The van der Waals surface area contributed by atoms with Crippen LogP contribution in [0.4, 0.5) is 4.79 Å². The van der Waals surface area contributed by atoms with Crippen molar-refractivity contribution >= 4 is 12.1 Å². The Labute approximate surface area is 119 Å². The molecule has 2 heterocycles. The Morgan fingerprint density at radius 3 is 2.45 bits per heavy atom. The lowest BCUT2D eigenvalue weighted by Gasteiger charge is -2.41. The van der Waals surface area contributed by atoms with Crippen molar-refractivity contribution in [1.29, 1.82) is 0 Å². The maximum atomic E-state index is 12.3. The molecule has 2 rings (SSSR count). The highest BCUT2D eigenvalue weighted by atomic mass is 16.6. The van der Waals surface area contributed by atoms with Crippen molar-refractivity contribution in [2.24, 2.45) is 5.92 Å². The van der Waals surface area contributed by atoms with Gasteiger partial charge in [0.25, 0.3) is 0 Å². The predicted octanol–water partition coefficient (Wildman–Crippen LogP) is 1.31. The quantitative estimate of drug-likeness (QED) is 0.735. The minimum absolute atomic E-state index is 0.0502. The van der Waals surface area contributed by atoms with Crippen molar-refractivity contribution in [2.45, 2.75) is 63.8 Å². The fourth-order valence-electron chi connectivity index (χ4n) is 3.23. The van der Waals surface area contributed by atoms with Gasteiger partial charge in [0.05, 0.1) is 19.3 Å². The zero-order valence-electron chi connectivity index (χ0n) is 12.5. The monoisotopic (exact) mass is 285 g/mol. The van der Waals surface area contributed by atoms with Crippen LogP contribution < -0.4 is 0 Å². The average molecular weight is 285 g/mol. The Morgan fingerprint density at radius 1 is 1.25 bits per heavy atom. The van der Waals surface area contributed by atoms with Crippen molar-refractivity contribution in [3.05, 3.63) is 0 Å². The van der Waals surface area contributed by atoms with E-state index < -0.39 is 29.7 Å². The number of nitrogens with zero attached hydrogens (tertiary/aromatic N) is 1.